The zero-order chi connectivity index (χ0) is 16.4. The Balaban J connectivity index is 1.42. The van der Waals surface area contributed by atoms with Crippen molar-refractivity contribution >= 4 is 10.8 Å². The van der Waals surface area contributed by atoms with Crippen molar-refractivity contribution in [3.8, 4) is 0 Å². The van der Waals surface area contributed by atoms with Crippen LogP contribution in [-0.2, 0) is 0 Å². The number of aliphatic hydroxyl groups is 1. The summed E-state index contributed by atoms with van der Waals surface area (Å²) in [4.78, 5) is 2.48. The van der Waals surface area contributed by atoms with Gasteiger partial charge in [-0.15, -0.1) is 0 Å². The molecule has 2 N–H and O–H groups in total. The van der Waals surface area contributed by atoms with Crippen molar-refractivity contribution in [2.45, 2.75) is 37.2 Å². The van der Waals surface area contributed by atoms with E-state index in [-0.39, 0.29) is 0 Å². The molecule has 0 bridgehead atoms. The molecule has 2 aromatic rings. The maximum absolute atomic E-state index is 10.8. The summed E-state index contributed by atoms with van der Waals surface area (Å²) < 4.78 is 0. The van der Waals surface area contributed by atoms with Gasteiger partial charge in [-0.25, -0.2) is 0 Å². The summed E-state index contributed by atoms with van der Waals surface area (Å²) in [6, 6.07) is 15.4. The lowest BCUT2D eigenvalue weighted by atomic mass is 9.85. The molecule has 0 amide bonds. The van der Waals surface area contributed by atoms with E-state index < -0.39 is 5.60 Å². The SMILES string of the molecule is OC1(CN2CCC(c3cccc4ccccc34)CC2)CCNCC1. The first-order valence-electron chi connectivity index (χ1n) is 9.37. The number of nitrogens with zero attached hydrogens (tertiary/aromatic N) is 1. The van der Waals surface area contributed by atoms with Crippen molar-refractivity contribution in [1.29, 1.82) is 0 Å². The number of benzene rings is 2. The van der Waals surface area contributed by atoms with E-state index in [1.165, 1.54) is 29.2 Å². The molecule has 0 unspecified atom stereocenters. The van der Waals surface area contributed by atoms with Gasteiger partial charge in [-0.05, 0) is 74.1 Å². The van der Waals surface area contributed by atoms with Crippen LogP contribution >= 0.6 is 0 Å². The molecule has 0 spiro atoms. The third-order valence-electron chi connectivity index (χ3n) is 5.90. The Hall–Kier alpha value is -1.42. The smallest absolute Gasteiger partial charge is 0.0798 e. The van der Waals surface area contributed by atoms with Gasteiger partial charge in [0.05, 0.1) is 5.60 Å². The van der Waals surface area contributed by atoms with E-state index in [1.54, 1.807) is 0 Å². The van der Waals surface area contributed by atoms with Crippen molar-refractivity contribution in [1.82, 2.24) is 10.2 Å². The van der Waals surface area contributed by atoms with Gasteiger partial charge in [0.2, 0.25) is 0 Å². The zero-order valence-corrected chi connectivity index (χ0v) is 14.4. The molecule has 3 heteroatoms. The number of hydrogen-bond acceptors (Lipinski definition) is 3. The van der Waals surface area contributed by atoms with Gasteiger partial charge in [-0.3, -0.25) is 0 Å². The summed E-state index contributed by atoms with van der Waals surface area (Å²) >= 11 is 0. The summed E-state index contributed by atoms with van der Waals surface area (Å²) in [6.45, 7) is 4.94. The molecule has 0 saturated carbocycles. The summed E-state index contributed by atoms with van der Waals surface area (Å²) in [5.74, 6) is 0.648. The van der Waals surface area contributed by atoms with Crippen LogP contribution in [0.25, 0.3) is 10.8 Å². The van der Waals surface area contributed by atoms with E-state index in [1.807, 2.05) is 0 Å². The summed E-state index contributed by atoms with van der Waals surface area (Å²) in [5.41, 5.74) is 1.03. The number of nitrogens with one attached hydrogen (secondary N) is 1. The predicted octanol–water partition coefficient (Wildman–Crippen LogP) is 3.13. The first-order valence-corrected chi connectivity index (χ1v) is 9.37. The summed E-state index contributed by atoms with van der Waals surface area (Å²) in [5, 5.41) is 16.9. The average molecular weight is 324 g/mol. The standard InChI is InChI=1S/C21H28N2O/c24-21(10-12-22-13-11-21)16-23-14-8-18(9-15-23)20-7-3-5-17-4-1-2-6-19(17)20/h1-7,18,22,24H,8-16H2. The molecule has 2 aromatic carbocycles. The normalized spacial score (nSPS) is 22.7. The lowest BCUT2D eigenvalue weighted by Gasteiger charge is -2.40. The van der Waals surface area contributed by atoms with E-state index in [0.29, 0.717) is 5.92 Å². The predicted molar refractivity (Wildman–Crippen MR) is 99.4 cm³/mol. The molecule has 128 valence electrons. The van der Waals surface area contributed by atoms with Crippen LogP contribution in [0.2, 0.25) is 0 Å². The van der Waals surface area contributed by atoms with Gasteiger partial charge < -0.3 is 15.3 Å². The number of fused-ring (bicyclic) bond motifs is 1. The number of hydrogen-bond donors (Lipinski definition) is 2. The molecule has 0 atom stereocenters. The Morgan fingerprint density at radius 2 is 1.71 bits per heavy atom. The second kappa shape index (κ2) is 6.83. The average Bonchev–Trinajstić information content (AvgIpc) is 2.62. The highest BCUT2D eigenvalue weighted by Gasteiger charge is 2.33. The first-order chi connectivity index (χ1) is 11.7. The maximum atomic E-state index is 10.8. The fourth-order valence-corrected chi connectivity index (χ4v) is 4.48. The van der Waals surface area contributed by atoms with Crippen LogP contribution in [0.3, 0.4) is 0 Å². The zero-order valence-electron chi connectivity index (χ0n) is 14.4. The molecule has 2 fully saturated rings. The van der Waals surface area contributed by atoms with Crippen molar-refractivity contribution in [2.75, 3.05) is 32.7 Å². The van der Waals surface area contributed by atoms with Gasteiger partial charge in [-0.1, -0.05) is 42.5 Å². The second-order valence-electron chi connectivity index (χ2n) is 7.59. The fourth-order valence-electron chi connectivity index (χ4n) is 4.48. The number of β-amino-alcohol motifs (C(OH)–C–C–N with tert-alkyl or cyclic N) is 1. The Bertz CT molecular complexity index is 680. The van der Waals surface area contributed by atoms with Crippen molar-refractivity contribution in [2.24, 2.45) is 0 Å². The van der Waals surface area contributed by atoms with Crippen LogP contribution in [0, 0.1) is 0 Å². The molecule has 2 aliphatic rings. The lowest BCUT2D eigenvalue weighted by Crippen LogP contribution is -2.51. The molecule has 0 aromatic heterocycles. The topological polar surface area (TPSA) is 35.5 Å². The van der Waals surface area contributed by atoms with E-state index in [4.69, 9.17) is 0 Å². The van der Waals surface area contributed by atoms with E-state index in [2.05, 4.69) is 52.7 Å². The summed E-state index contributed by atoms with van der Waals surface area (Å²) in [7, 11) is 0. The van der Waals surface area contributed by atoms with Crippen LogP contribution in [-0.4, -0.2) is 48.3 Å². The summed E-state index contributed by atoms with van der Waals surface area (Å²) in [6.07, 6.45) is 4.16. The van der Waals surface area contributed by atoms with Gasteiger partial charge in [-0.2, -0.15) is 0 Å². The second-order valence-corrected chi connectivity index (χ2v) is 7.59. The van der Waals surface area contributed by atoms with Gasteiger partial charge in [0, 0.05) is 6.54 Å². The van der Waals surface area contributed by atoms with Gasteiger partial charge in [0.1, 0.15) is 0 Å². The molecule has 0 radical (unpaired) electrons. The molecular weight excluding hydrogens is 296 g/mol. The Kier molecular flexibility index (Phi) is 4.57. The Morgan fingerprint density at radius 1 is 1.00 bits per heavy atom. The van der Waals surface area contributed by atoms with Gasteiger partial charge in [0.25, 0.3) is 0 Å². The highest BCUT2D eigenvalue weighted by Crippen LogP contribution is 2.33. The van der Waals surface area contributed by atoms with Crippen LogP contribution < -0.4 is 5.32 Å². The molecule has 2 heterocycles. The van der Waals surface area contributed by atoms with Crippen LogP contribution in [0.4, 0.5) is 0 Å². The van der Waals surface area contributed by atoms with Gasteiger partial charge >= 0.3 is 0 Å². The highest BCUT2D eigenvalue weighted by atomic mass is 16.3. The first kappa shape index (κ1) is 16.1. The molecule has 2 aliphatic heterocycles. The number of likely N-dealkylation sites (tertiary alicyclic amines) is 1. The number of rotatable bonds is 3. The van der Waals surface area contributed by atoms with Crippen molar-refractivity contribution in [3.05, 3.63) is 48.0 Å². The molecule has 2 saturated heterocycles. The van der Waals surface area contributed by atoms with E-state index >= 15 is 0 Å². The van der Waals surface area contributed by atoms with Gasteiger partial charge in [0.15, 0.2) is 0 Å². The molecule has 3 nitrogen and oxygen atoms in total. The highest BCUT2D eigenvalue weighted by molar-refractivity contribution is 5.86. The third kappa shape index (κ3) is 3.34. The molecule has 4 rings (SSSR count). The van der Waals surface area contributed by atoms with Crippen LogP contribution in [0.1, 0.15) is 37.2 Å². The quantitative estimate of drug-likeness (QED) is 0.910. The maximum Gasteiger partial charge on any atom is 0.0798 e. The minimum absolute atomic E-state index is 0.475. The van der Waals surface area contributed by atoms with E-state index in [9.17, 15) is 5.11 Å². The molecule has 24 heavy (non-hydrogen) atoms. The number of piperidine rings is 2. The largest absolute Gasteiger partial charge is 0.388 e. The van der Waals surface area contributed by atoms with E-state index in [0.717, 1.165) is 45.6 Å². The lowest BCUT2D eigenvalue weighted by molar-refractivity contribution is -0.0256. The molecule has 0 aliphatic carbocycles. The van der Waals surface area contributed by atoms with Crippen LogP contribution in [0.15, 0.2) is 42.5 Å². The van der Waals surface area contributed by atoms with Crippen molar-refractivity contribution < 1.29 is 5.11 Å². The molecular formula is C21H28N2O. The fraction of sp³-hybridized carbons (Fsp3) is 0.524. The minimum Gasteiger partial charge on any atom is -0.388 e. The van der Waals surface area contributed by atoms with Crippen LogP contribution in [0.5, 0.6) is 0 Å². The third-order valence-corrected chi connectivity index (χ3v) is 5.90. The van der Waals surface area contributed by atoms with Crippen molar-refractivity contribution in [3.63, 3.8) is 0 Å². The Morgan fingerprint density at radius 3 is 2.50 bits per heavy atom. The monoisotopic (exact) mass is 324 g/mol. The minimum atomic E-state index is -0.475. The Labute approximate surface area is 144 Å².